The summed E-state index contributed by atoms with van der Waals surface area (Å²) in [5.41, 5.74) is 3.14. The number of methoxy groups -OCH3 is 1. The molecule has 100 valence electrons. The molecule has 0 radical (unpaired) electrons. The summed E-state index contributed by atoms with van der Waals surface area (Å²) in [5, 5.41) is 3.45. The van der Waals surface area contributed by atoms with Crippen LogP contribution in [0.25, 0.3) is 0 Å². The Kier molecular flexibility index (Phi) is 4.47. The fraction of sp³-hybridized carbons (Fsp3) is 0.333. The molecule has 1 N–H and O–H groups in total. The van der Waals surface area contributed by atoms with Crippen molar-refractivity contribution >= 4 is 0 Å². The third kappa shape index (κ3) is 3.51. The molecule has 0 spiro atoms. The van der Waals surface area contributed by atoms with E-state index < -0.39 is 0 Å². The Morgan fingerprint density at radius 1 is 1.26 bits per heavy atom. The Morgan fingerprint density at radius 2 is 2.05 bits per heavy atom. The van der Waals surface area contributed by atoms with Crippen LogP contribution in [0.3, 0.4) is 0 Å². The first-order valence-electron chi connectivity index (χ1n) is 6.34. The van der Waals surface area contributed by atoms with E-state index in [-0.39, 0.29) is 6.04 Å². The first-order chi connectivity index (χ1) is 9.20. The van der Waals surface area contributed by atoms with Crippen molar-refractivity contribution in [2.24, 2.45) is 0 Å². The van der Waals surface area contributed by atoms with Crippen molar-refractivity contribution in [3.05, 3.63) is 53.6 Å². The van der Waals surface area contributed by atoms with Gasteiger partial charge in [-0.2, -0.15) is 0 Å². The molecule has 1 heterocycles. The SMILES string of the molecule is COc1cccc(CNC(C)c2nccnc2C)c1. The Labute approximate surface area is 113 Å². The molecule has 0 fully saturated rings. The molecule has 0 bridgehead atoms. The third-order valence-electron chi connectivity index (χ3n) is 3.08. The second kappa shape index (κ2) is 6.29. The minimum atomic E-state index is 0.167. The van der Waals surface area contributed by atoms with E-state index in [9.17, 15) is 0 Å². The summed E-state index contributed by atoms with van der Waals surface area (Å²) in [7, 11) is 1.68. The zero-order valence-corrected chi connectivity index (χ0v) is 11.6. The minimum absolute atomic E-state index is 0.167. The molecule has 0 saturated carbocycles. The number of benzene rings is 1. The summed E-state index contributed by atoms with van der Waals surface area (Å²) in [6.45, 7) is 4.84. The molecule has 4 nitrogen and oxygen atoms in total. The van der Waals surface area contributed by atoms with E-state index in [1.807, 2.05) is 25.1 Å². The van der Waals surface area contributed by atoms with Crippen molar-refractivity contribution in [1.82, 2.24) is 15.3 Å². The molecule has 1 atom stereocenters. The lowest BCUT2D eigenvalue weighted by atomic mass is 10.1. The van der Waals surface area contributed by atoms with Crippen molar-refractivity contribution in [2.45, 2.75) is 26.4 Å². The van der Waals surface area contributed by atoms with Gasteiger partial charge in [0.1, 0.15) is 5.75 Å². The van der Waals surface area contributed by atoms with Gasteiger partial charge in [-0.15, -0.1) is 0 Å². The van der Waals surface area contributed by atoms with Gasteiger partial charge in [-0.05, 0) is 31.5 Å². The van der Waals surface area contributed by atoms with Crippen LogP contribution in [0, 0.1) is 6.92 Å². The van der Waals surface area contributed by atoms with Gasteiger partial charge in [0.05, 0.1) is 18.5 Å². The van der Waals surface area contributed by atoms with Crippen LogP contribution in [0.4, 0.5) is 0 Å². The molecular weight excluding hydrogens is 238 g/mol. The highest BCUT2D eigenvalue weighted by atomic mass is 16.5. The topological polar surface area (TPSA) is 47.0 Å². The summed E-state index contributed by atoms with van der Waals surface area (Å²) in [6, 6.07) is 8.21. The lowest BCUT2D eigenvalue weighted by Crippen LogP contribution is -2.20. The second-order valence-electron chi connectivity index (χ2n) is 4.48. The molecule has 2 rings (SSSR count). The van der Waals surface area contributed by atoms with Crippen LogP contribution in [0.2, 0.25) is 0 Å². The smallest absolute Gasteiger partial charge is 0.119 e. The molecule has 1 unspecified atom stereocenters. The van der Waals surface area contributed by atoms with Crippen molar-refractivity contribution in [3.8, 4) is 5.75 Å². The minimum Gasteiger partial charge on any atom is -0.497 e. The van der Waals surface area contributed by atoms with Gasteiger partial charge in [-0.25, -0.2) is 0 Å². The summed E-state index contributed by atoms with van der Waals surface area (Å²) < 4.78 is 5.22. The molecule has 1 aromatic heterocycles. The number of aryl methyl sites for hydroxylation is 1. The van der Waals surface area contributed by atoms with Crippen molar-refractivity contribution in [3.63, 3.8) is 0 Å². The van der Waals surface area contributed by atoms with E-state index in [4.69, 9.17) is 4.74 Å². The lowest BCUT2D eigenvalue weighted by Gasteiger charge is -2.15. The van der Waals surface area contributed by atoms with Gasteiger partial charge in [-0.3, -0.25) is 9.97 Å². The molecule has 1 aromatic carbocycles. The summed E-state index contributed by atoms with van der Waals surface area (Å²) in [6.07, 6.45) is 3.44. The highest BCUT2D eigenvalue weighted by molar-refractivity contribution is 5.28. The summed E-state index contributed by atoms with van der Waals surface area (Å²) in [5.74, 6) is 0.877. The number of hydrogen-bond acceptors (Lipinski definition) is 4. The van der Waals surface area contributed by atoms with Gasteiger partial charge in [-0.1, -0.05) is 12.1 Å². The molecule has 0 aliphatic heterocycles. The van der Waals surface area contributed by atoms with Crippen LogP contribution >= 0.6 is 0 Å². The molecule has 0 amide bonds. The quantitative estimate of drug-likeness (QED) is 0.894. The Balaban J connectivity index is 2.00. The first-order valence-corrected chi connectivity index (χ1v) is 6.34. The molecule has 0 aliphatic carbocycles. The van der Waals surface area contributed by atoms with Gasteiger partial charge < -0.3 is 10.1 Å². The van der Waals surface area contributed by atoms with Crippen LogP contribution in [0.1, 0.15) is 29.9 Å². The predicted octanol–water partition coefficient (Wildman–Crippen LogP) is 2.64. The van der Waals surface area contributed by atoms with Gasteiger partial charge in [0.15, 0.2) is 0 Å². The third-order valence-corrected chi connectivity index (χ3v) is 3.08. The molecule has 19 heavy (non-hydrogen) atoms. The number of hydrogen-bond donors (Lipinski definition) is 1. The number of nitrogens with zero attached hydrogens (tertiary/aromatic N) is 2. The van der Waals surface area contributed by atoms with E-state index in [0.29, 0.717) is 0 Å². The Morgan fingerprint density at radius 3 is 2.79 bits per heavy atom. The molecule has 0 saturated heterocycles. The van der Waals surface area contributed by atoms with E-state index in [1.165, 1.54) is 5.56 Å². The maximum absolute atomic E-state index is 5.22. The van der Waals surface area contributed by atoms with Crippen molar-refractivity contribution in [1.29, 1.82) is 0 Å². The summed E-state index contributed by atoms with van der Waals surface area (Å²) >= 11 is 0. The standard InChI is InChI=1S/C15H19N3O/c1-11-15(17-8-7-16-11)12(2)18-10-13-5-4-6-14(9-13)19-3/h4-9,12,18H,10H2,1-3H3. The maximum atomic E-state index is 5.22. The molecule has 4 heteroatoms. The molecule has 2 aromatic rings. The van der Waals surface area contributed by atoms with Crippen molar-refractivity contribution < 1.29 is 4.74 Å². The highest BCUT2D eigenvalue weighted by Gasteiger charge is 2.09. The molecular formula is C15H19N3O. The van der Waals surface area contributed by atoms with Crippen LogP contribution in [0.15, 0.2) is 36.7 Å². The van der Waals surface area contributed by atoms with Crippen LogP contribution in [-0.2, 0) is 6.54 Å². The number of ether oxygens (including phenoxy) is 1. The van der Waals surface area contributed by atoms with E-state index in [1.54, 1.807) is 19.5 Å². The average molecular weight is 257 g/mol. The number of aromatic nitrogens is 2. The van der Waals surface area contributed by atoms with Gasteiger partial charge in [0.25, 0.3) is 0 Å². The zero-order chi connectivity index (χ0) is 13.7. The maximum Gasteiger partial charge on any atom is 0.119 e. The predicted molar refractivity (Wildman–Crippen MR) is 75.0 cm³/mol. The number of rotatable bonds is 5. The summed E-state index contributed by atoms with van der Waals surface area (Å²) in [4.78, 5) is 8.63. The zero-order valence-electron chi connectivity index (χ0n) is 11.6. The Hall–Kier alpha value is -1.94. The second-order valence-corrected chi connectivity index (χ2v) is 4.48. The normalized spacial score (nSPS) is 12.2. The lowest BCUT2D eigenvalue weighted by molar-refractivity contribution is 0.414. The largest absolute Gasteiger partial charge is 0.497 e. The first kappa shape index (κ1) is 13.5. The van der Waals surface area contributed by atoms with Crippen LogP contribution in [-0.4, -0.2) is 17.1 Å². The molecule has 0 aliphatic rings. The van der Waals surface area contributed by atoms with E-state index in [0.717, 1.165) is 23.7 Å². The highest BCUT2D eigenvalue weighted by Crippen LogP contribution is 2.15. The Bertz CT molecular complexity index is 542. The van der Waals surface area contributed by atoms with Crippen molar-refractivity contribution in [2.75, 3.05) is 7.11 Å². The van der Waals surface area contributed by atoms with Gasteiger partial charge in [0, 0.05) is 25.0 Å². The fourth-order valence-corrected chi connectivity index (χ4v) is 1.99. The monoisotopic (exact) mass is 257 g/mol. The number of nitrogens with one attached hydrogen (secondary N) is 1. The van der Waals surface area contributed by atoms with E-state index >= 15 is 0 Å². The van der Waals surface area contributed by atoms with Crippen LogP contribution < -0.4 is 10.1 Å². The van der Waals surface area contributed by atoms with Gasteiger partial charge in [0.2, 0.25) is 0 Å². The van der Waals surface area contributed by atoms with E-state index in [2.05, 4.69) is 28.3 Å². The van der Waals surface area contributed by atoms with Gasteiger partial charge >= 0.3 is 0 Å². The fourth-order valence-electron chi connectivity index (χ4n) is 1.99. The average Bonchev–Trinajstić information content (AvgIpc) is 2.45. The van der Waals surface area contributed by atoms with Crippen LogP contribution in [0.5, 0.6) is 5.75 Å².